The molecule has 0 aromatic heterocycles. The molecule has 1 aromatic rings. The summed E-state index contributed by atoms with van der Waals surface area (Å²) in [7, 11) is 1.85. The number of hydrogen-bond donors (Lipinski definition) is 2. The molecule has 28 heavy (non-hydrogen) atoms. The van der Waals surface area contributed by atoms with Crippen molar-refractivity contribution in [2.45, 2.75) is 64.6 Å². The molecular weight excluding hydrogens is 346 g/mol. The number of nitrogens with zero attached hydrogens (tertiary/aromatic N) is 3. The Balaban J connectivity index is 1.43. The van der Waals surface area contributed by atoms with Crippen molar-refractivity contribution in [3.63, 3.8) is 0 Å². The minimum Gasteiger partial charge on any atom is -0.355 e. The third-order valence-electron chi connectivity index (χ3n) is 6.21. The van der Waals surface area contributed by atoms with Crippen LogP contribution < -0.4 is 10.6 Å². The van der Waals surface area contributed by atoms with E-state index in [1.165, 1.54) is 69.4 Å². The van der Waals surface area contributed by atoms with E-state index >= 15 is 0 Å². The van der Waals surface area contributed by atoms with Crippen molar-refractivity contribution < 1.29 is 0 Å². The lowest BCUT2D eigenvalue weighted by molar-refractivity contribution is 0.0982. The molecule has 5 heteroatoms. The van der Waals surface area contributed by atoms with Gasteiger partial charge in [0, 0.05) is 32.2 Å². The molecule has 2 N–H and O–H groups in total. The predicted octanol–water partition coefficient (Wildman–Crippen LogP) is 3.21. The van der Waals surface area contributed by atoms with Crippen LogP contribution in [0.5, 0.6) is 0 Å². The Morgan fingerprint density at radius 1 is 0.893 bits per heavy atom. The van der Waals surface area contributed by atoms with Gasteiger partial charge in [-0.3, -0.25) is 14.8 Å². The summed E-state index contributed by atoms with van der Waals surface area (Å²) in [6.45, 7) is 12.4. The van der Waals surface area contributed by atoms with Crippen LogP contribution in [0.4, 0.5) is 0 Å². The van der Waals surface area contributed by atoms with Gasteiger partial charge in [0.2, 0.25) is 0 Å². The smallest absolute Gasteiger partial charge is 0.191 e. The average Bonchev–Trinajstić information content (AvgIpc) is 3.23. The lowest BCUT2D eigenvalue weighted by Crippen LogP contribution is -2.54. The van der Waals surface area contributed by atoms with E-state index in [2.05, 4.69) is 63.5 Å². The molecule has 5 nitrogen and oxygen atoms in total. The summed E-state index contributed by atoms with van der Waals surface area (Å²) < 4.78 is 0. The van der Waals surface area contributed by atoms with E-state index in [1.54, 1.807) is 0 Å². The first-order chi connectivity index (χ1) is 13.6. The fraction of sp³-hybridized carbons (Fsp3) is 0.696. The van der Waals surface area contributed by atoms with Gasteiger partial charge in [-0.25, -0.2) is 0 Å². The zero-order valence-corrected chi connectivity index (χ0v) is 18.1. The maximum Gasteiger partial charge on any atom is 0.191 e. The van der Waals surface area contributed by atoms with Crippen LogP contribution in [0, 0.1) is 0 Å². The molecule has 1 aromatic carbocycles. The number of benzene rings is 1. The molecular formula is C23H39N5. The molecule has 0 bridgehead atoms. The molecule has 0 radical (unpaired) electrons. The van der Waals surface area contributed by atoms with Crippen LogP contribution in [0.25, 0.3) is 0 Å². The van der Waals surface area contributed by atoms with E-state index in [0.717, 1.165) is 25.6 Å². The first-order valence-electron chi connectivity index (χ1n) is 11.1. The second kappa shape index (κ2) is 10.3. The molecule has 2 saturated heterocycles. The van der Waals surface area contributed by atoms with E-state index in [-0.39, 0.29) is 5.54 Å². The Hall–Kier alpha value is -1.59. The number of guanidine groups is 1. The van der Waals surface area contributed by atoms with Crippen molar-refractivity contribution in [1.82, 2.24) is 20.4 Å². The van der Waals surface area contributed by atoms with Gasteiger partial charge in [-0.05, 0) is 76.8 Å². The molecule has 0 spiro atoms. The van der Waals surface area contributed by atoms with Gasteiger partial charge in [-0.2, -0.15) is 0 Å². The Bertz CT molecular complexity index is 610. The number of nitrogens with one attached hydrogen (secondary N) is 2. The molecule has 0 aliphatic carbocycles. The minimum atomic E-state index is 0.148. The monoisotopic (exact) mass is 385 g/mol. The molecule has 0 amide bonds. The number of piperidine rings is 1. The summed E-state index contributed by atoms with van der Waals surface area (Å²) in [6, 6.07) is 9.02. The largest absolute Gasteiger partial charge is 0.355 e. The molecule has 0 saturated carbocycles. The molecule has 2 aliphatic heterocycles. The summed E-state index contributed by atoms with van der Waals surface area (Å²) in [5.74, 6) is 0.881. The van der Waals surface area contributed by atoms with Gasteiger partial charge in [0.25, 0.3) is 0 Å². The number of likely N-dealkylation sites (tertiary alicyclic amines) is 2. The van der Waals surface area contributed by atoms with Crippen LogP contribution in [0.3, 0.4) is 0 Å². The second-order valence-electron chi connectivity index (χ2n) is 8.94. The summed E-state index contributed by atoms with van der Waals surface area (Å²) >= 11 is 0. The van der Waals surface area contributed by atoms with Crippen molar-refractivity contribution in [3.05, 3.63) is 35.4 Å². The molecule has 2 aliphatic rings. The Morgan fingerprint density at radius 2 is 1.50 bits per heavy atom. The lowest BCUT2D eigenvalue weighted by atomic mass is 9.98. The SMILES string of the molecule is CN=C(NCc1ccc(CN2CCCC2)cc1)NCC(C)(C)N1CCCCC1. The highest BCUT2D eigenvalue weighted by Crippen LogP contribution is 2.19. The standard InChI is InChI=1S/C23H39N5/c1-23(2,28-15-5-4-6-16-28)19-26-22(24-3)25-17-20-9-11-21(12-10-20)18-27-13-7-8-14-27/h9-12H,4-8,13-19H2,1-3H3,(H2,24,25,26). The first-order valence-corrected chi connectivity index (χ1v) is 11.1. The fourth-order valence-corrected chi connectivity index (χ4v) is 4.28. The van der Waals surface area contributed by atoms with Crippen LogP contribution in [-0.4, -0.2) is 61.1 Å². The highest BCUT2D eigenvalue weighted by atomic mass is 15.2. The van der Waals surface area contributed by atoms with Gasteiger partial charge in [-0.1, -0.05) is 30.7 Å². The van der Waals surface area contributed by atoms with E-state index < -0.39 is 0 Å². The number of aliphatic imine (C=N–C) groups is 1. The van der Waals surface area contributed by atoms with E-state index in [4.69, 9.17) is 0 Å². The van der Waals surface area contributed by atoms with Gasteiger partial charge in [-0.15, -0.1) is 0 Å². The maximum atomic E-state index is 4.41. The third-order valence-corrected chi connectivity index (χ3v) is 6.21. The Labute approximate surface area is 171 Å². The molecule has 2 heterocycles. The van der Waals surface area contributed by atoms with Crippen molar-refractivity contribution in [2.24, 2.45) is 4.99 Å². The van der Waals surface area contributed by atoms with Gasteiger partial charge in [0.1, 0.15) is 0 Å². The molecule has 0 atom stereocenters. The topological polar surface area (TPSA) is 42.9 Å². The van der Waals surface area contributed by atoms with Crippen LogP contribution in [0.15, 0.2) is 29.3 Å². The predicted molar refractivity (Wildman–Crippen MR) is 119 cm³/mol. The summed E-state index contributed by atoms with van der Waals surface area (Å²) in [5, 5.41) is 6.99. The number of rotatable bonds is 7. The average molecular weight is 386 g/mol. The Morgan fingerprint density at radius 3 is 2.14 bits per heavy atom. The van der Waals surface area contributed by atoms with Crippen molar-refractivity contribution in [1.29, 1.82) is 0 Å². The quantitative estimate of drug-likeness (QED) is 0.559. The van der Waals surface area contributed by atoms with E-state index in [0.29, 0.717) is 0 Å². The molecule has 0 unspecified atom stereocenters. The minimum absolute atomic E-state index is 0.148. The van der Waals surface area contributed by atoms with Crippen molar-refractivity contribution >= 4 is 5.96 Å². The van der Waals surface area contributed by atoms with Gasteiger partial charge in [0.05, 0.1) is 0 Å². The van der Waals surface area contributed by atoms with Gasteiger partial charge < -0.3 is 10.6 Å². The van der Waals surface area contributed by atoms with Crippen molar-refractivity contribution in [2.75, 3.05) is 39.8 Å². The van der Waals surface area contributed by atoms with Crippen molar-refractivity contribution in [3.8, 4) is 0 Å². The van der Waals surface area contributed by atoms with Crippen LogP contribution in [0.2, 0.25) is 0 Å². The summed E-state index contributed by atoms with van der Waals surface area (Å²) in [4.78, 5) is 9.56. The second-order valence-corrected chi connectivity index (χ2v) is 8.94. The highest BCUT2D eigenvalue weighted by Gasteiger charge is 2.27. The number of hydrogen-bond acceptors (Lipinski definition) is 3. The Kier molecular flexibility index (Phi) is 7.74. The van der Waals surface area contributed by atoms with E-state index in [1.807, 2.05) is 7.05 Å². The van der Waals surface area contributed by atoms with Crippen LogP contribution in [0.1, 0.15) is 57.1 Å². The first kappa shape index (κ1) is 21.1. The fourth-order valence-electron chi connectivity index (χ4n) is 4.28. The summed E-state index contributed by atoms with van der Waals surface area (Å²) in [5.41, 5.74) is 2.86. The molecule has 3 rings (SSSR count). The third kappa shape index (κ3) is 6.21. The zero-order chi connectivity index (χ0) is 19.8. The molecule has 2 fully saturated rings. The van der Waals surface area contributed by atoms with Gasteiger partial charge in [0.15, 0.2) is 5.96 Å². The molecule has 156 valence electrons. The maximum absolute atomic E-state index is 4.41. The van der Waals surface area contributed by atoms with Gasteiger partial charge >= 0.3 is 0 Å². The van der Waals surface area contributed by atoms with Crippen LogP contribution >= 0.6 is 0 Å². The van der Waals surface area contributed by atoms with Crippen LogP contribution in [-0.2, 0) is 13.1 Å². The van der Waals surface area contributed by atoms with E-state index in [9.17, 15) is 0 Å². The highest BCUT2D eigenvalue weighted by molar-refractivity contribution is 5.79. The lowest BCUT2D eigenvalue weighted by Gasteiger charge is -2.41. The summed E-state index contributed by atoms with van der Waals surface area (Å²) in [6.07, 6.45) is 6.72. The zero-order valence-electron chi connectivity index (χ0n) is 18.1. The normalized spacial score (nSPS) is 19.8.